The number of hydrogen-bond donors (Lipinski definition) is 0. The highest BCUT2D eigenvalue weighted by Crippen LogP contribution is 2.15. The van der Waals surface area contributed by atoms with E-state index < -0.39 is 0 Å². The zero-order chi connectivity index (χ0) is 17.2. The number of ether oxygens (including phenoxy) is 2. The second kappa shape index (κ2) is 10.1. The van der Waals surface area contributed by atoms with E-state index in [-0.39, 0.29) is 12.1 Å². The summed E-state index contributed by atoms with van der Waals surface area (Å²) in [7, 11) is 0. The highest BCUT2D eigenvalue weighted by atomic mass is 35.5. The molecule has 4 heteroatoms. The van der Waals surface area contributed by atoms with Crippen LogP contribution in [0.5, 0.6) is 0 Å². The van der Waals surface area contributed by atoms with Crippen LogP contribution in [-0.4, -0.2) is 18.7 Å². The largest absolute Gasteiger partial charge is 0.456 e. The monoisotopic (exact) mass is 346 g/mol. The van der Waals surface area contributed by atoms with Crippen LogP contribution in [0.3, 0.4) is 0 Å². The number of unbranched alkanes of at least 4 members (excludes halogenated alkanes) is 1. The predicted molar refractivity (Wildman–Crippen MR) is 96.3 cm³/mol. The fourth-order valence-corrected chi connectivity index (χ4v) is 2.52. The molecule has 0 spiro atoms. The Morgan fingerprint density at radius 3 is 2.62 bits per heavy atom. The molecular formula is C20H23ClO3. The molecule has 3 nitrogen and oxygen atoms in total. The third-order valence-electron chi connectivity index (χ3n) is 3.63. The van der Waals surface area contributed by atoms with Crippen molar-refractivity contribution in [2.24, 2.45) is 0 Å². The van der Waals surface area contributed by atoms with E-state index in [4.69, 9.17) is 21.1 Å². The number of carbonyl (C=O) groups is 1. The zero-order valence-corrected chi connectivity index (χ0v) is 14.7. The highest BCUT2D eigenvalue weighted by molar-refractivity contribution is 6.30. The molecule has 0 heterocycles. The van der Waals surface area contributed by atoms with E-state index in [9.17, 15) is 4.79 Å². The van der Waals surface area contributed by atoms with Gasteiger partial charge in [-0.05, 0) is 36.6 Å². The summed E-state index contributed by atoms with van der Waals surface area (Å²) in [4.78, 5) is 12.3. The Morgan fingerprint density at radius 2 is 1.92 bits per heavy atom. The van der Waals surface area contributed by atoms with Crippen molar-refractivity contribution >= 4 is 17.6 Å². The maximum atomic E-state index is 12.3. The smallest absolute Gasteiger partial charge is 0.338 e. The fraction of sp³-hybridized carbons (Fsp3) is 0.350. The summed E-state index contributed by atoms with van der Waals surface area (Å²) in [6.07, 6.45) is 2.57. The third kappa shape index (κ3) is 6.34. The molecule has 0 N–H and O–H groups in total. The SMILES string of the molecule is CCCCC(COCc1ccccc1)OC(=O)c1cccc(Cl)c1. The zero-order valence-electron chi connectivity index (χ0n) is 13.9. The Bertz CT molecular complexity index is 628. The second-order valence-electron chi connectivity index (χ2n) is 5.68. The third-order valence-corrected chi connectivity index (χ3v) is 3.86. The van der Waals surface area contributed by atoms with E-state index in [1.54, 1.807) is 24.3 Å². The molecule has 2 rings (SSSR count). The number of hydrogen-bond acceptors (Lipinski definition) is 3. The van der Waals surface area contributed by atoms with Crippen molar-refractivity contribution in [1.82, 2.24) is 0 Å². The van der Waals surface area contributed by atoms with Crippen LogP contribution >= 0.6 is 11.6 Å². The predicted octanol–water partition coefficient (Wildman–Crippen LogP) is 5.27. The molecular weight excluding hydrogens is 324 g/mol. The van der Waals surface area contributed by atoms with Gasteiger partial charge in [0.15, 0.2) is 0 Å². The van der Waals surface area contributed by atoms with Gasteiger partial charge in [0.25, 0.3) is 0 Å². The minimum Gasteiger partial charge on any atom is -0.456 e. The van der Waals surface area contributed by atoms with E-state index in [1.807, 2.05) is 30.3 Å². The summed E-state index contributed by atoms with van der Waals surface area (Å²) >= 11 is 5.93. The lowest BCUT2D eigenvalue weighted by Gasteiger charge is -2.18. The van der Waals surface area contributed by atoms with Gasteiger partial charge in [-0.1, -0.05) is 61.3 Å². The van der Waals surface area contributed by atoms with Crippen molar-refractivity contribution in [2.45, 2.75) is 38.9 Å². The summed E-state index contributed by atoms with van der Waals surface area (Å²) in [6, 6.07) is 16.8. The number of carbonyl (C=O) groups excluding carboxylic acids is 1. The highest BCUT2D eigenvalue weighted by Gasteiger charge is 2.16. The van der Waals surface area contributed by atoms with Crippen molar-refractivity contribution in [3.8, 4) is 0 Å². The van der Waals surface area contributed by atoms with Crippen LogP contribution < -0.4 is 0 Å². The Labute approximate surface area is 148 Å². The van der Waals surface area contributed by atoms with Gasteiger partial charge in [-0.25, -0.2) is 4.79 Å². The molecule has 0 amide bonds. The maximum absolute atomic E-state index is 12.3. The van der Waals surface area contributed by atoms with Gasteiger partial charge in [0, 0.05) is 5.02 Å². The molecule has 1 unspecified atom stereocenters. The average molecular weight is 347 g/mol. The van der Waals surface area contributed by atoms with Crippen molar-refractivity contribution in [2.75, 3.05) is 6.61 Å². The van der Waals surface area contributed by atoms with Crippen LogP contribution in [-0.2, 0) is 16.1 Å². The lowest BCUT2D eigenvalue weighted by Crippen LogP contribution is -2.23. The number of benzene rings is 2. The molecule has 0 aliphatic heterocycles. The maximum Gasteiger partial charge on any atom is 0.338 e. The summed E-state index contributed by atoms with van der Waals surface area (Å²) in [5.74, 6) is -0.359. The van der Waals surface area contributed by atoms with Gasteiger partial charge in [0.2, 0.25) is 0 Å². The quantitative estimate of drug-likeness (QED) is 0.580. The molecule has 0 saturated heterocycles. The van der Waals surface area contributed by atoms with Gasteiger partial charge in [-0.2, -0.15) is 0 Å². The molecule has 0 aliphatic rings. The standard InChI is InChI=1S/C20H23ClO3/c1-2-3-12-19(15-23-14-16-8-5-4-6-9-16)24-20(22)17-10-7-11-18(21)13-17/h4-11,13,19H,2-3,12,14-15H2,1H3. The summed E-state index contributed by atoms with van der Waals surface area (Å²) < 4.78 is 11.3. The Hall–Kier alpha value is -1.84. The first-order chi connectivity index (χ1) is 11.7. The fourth-order valence-electron chi connectivity index (χ4n) is 2.33. The van der Waals surface area contributed by atoms with E-state index in [2.05, 4.69) is 6.92 Å². The van der Waals surface area contributed by atoms with Gasteiger partial charge in [0.1, 0.15) is 6.10 Å². The first-order valence-corrected chi connectivity index (χ1v) is 8.65. The van der Waals surface area contributed by atoms with Gasteiger partial charge >= 0.3 is 5.97 Å². The van der Waals surface area contributed by atoms with Gasteiger partial charge < -0.3 is 9.47 Å². The normalized spacial score (nSPS) is 11.9. The van der Waals surface area contributed by atoms with Crippen molar-refractivity contribution in [1.29, 1.82) is 0 Å². The molecule has 0 aliphatic carbocycles. The molecule has 128 valence electrons. The molecule has 2 aromatic rings. The molecule has 2 aromatic carbocycles. The minimum atomic E-state index is -0.359. The summed E-state index contributed by atoms with van der Waals surface area (Å²) in [6.45, 7) is 3.01. The number of rotatable bonds is 9. The molecule has 0 fully saturated rings. The molecule has 24 heavy (non-hydrogen) atoms. The molecule has 0 saturated carbocycles. The van der Waals surface area contributed by atoms with Gasteiger partial charge in [-0.15, -0.1) is 0 Å². The van der Waals surface area contributed by atoms with Gasteiger partial charge in [0.05, 0.1) is 18.8 Å². The van der Waals surface area contributed by atoms with Crippen molar-refractivity contribution < 1.29 is 14.3 Å². The number of halogens is 1. The van der Waals surface area contributed by atoms with Crippen molar-refractivity contribution in [3.63, 3.8) is 0 Å². The van der Waals surface area contributed by atoms with Crippen LogP contribution in [0.25, 0.3) is 0 Å². The van der Waals surface area contributed by atoms with E-state index in [0.717, 1.165) is 24.8 Å². The van der Waals surface area contributed by atoms with E-state index in [0.29, 0.717) is 23.8 Å². The minimum absolute atomic E-state index is 0.250. The van der Waals surface area contributed by atoms with E-state index >= 15 is 0 Å². The van der Waals surface area contributed by atoms with Crippen LogP contribution in [0.1, 0.15) is 42.1 Å². The van der Waals surface area contributed by atoms with Gasteiger partial charge in [-0.3, -0.25) is 0 Å². The van der Waals surface area contributed by atoms with Crippen LogP contribution in [0.15, 0.2) is 54.6 Å². The van der Waals surface area contributed by atoms with Crippen molar-refractivity contribution in [3.05, 3.63) is 70.7 Å². The van der Waals surface area contributed by atoms with Crippen LogP contribution in [0.2, 0.25) is 5.02 Å². The van der Waals surface area contributed by atoms with Crippen LogP contribution in [0, 0.1) is 0 Å². The lowest BCUT2D eigenvalue weighted by molar-refractivity contribution is -0.0115. The summed E-state index contributed by atoms with van der Waals surface area (Å²) in [5, 5.41) is 0.523. The Balaban J connectivity index is 1.88. The average Bonchev–Trinajstić information content (AvgIpc) is 2.60. The molecule has 0 aromatic heterocycles. The first-order valence-electron chi connectivity index (χ1n) is 8.27. The van der Waals surface area contributed by atoms with Crippen LogP contribution in [0.4, 0.5) is 0 Å². The summed E-state index contributed by atoms with van der Waals surface area (Å²) in [5.41, 5.74) is 1.57. The molecule has 0 radical (unpaired) electrons. The Morgan fingerprint density at radius 1 is 1.12 bits per heavy atom. The Kier molecular flexibility index (Phi) is 7.80. The lowest BCUT2D eigenvalue weighted by atomic mass is 10.1. The van der Waals surface area contributed by atoms with E-state index in [1.165, 1.54) is 0 Å². The molecule has 1 atom stereocenters. The first kappa shape index (κ1) is 18.5. The topological polar surface area (TPSA) is 35.5 Å². The number of esters is 1. The second-order valence-corrected chi connectivity index (χ2v) is 6.12. The molecule has 0 bridgehead atoms.